The van der Waals surface area contributed by atoms with Crippen molar-refractivity contribution in [3.8, 4) is 5.75 Å². The molecule has 0 heterocycles. The quantitative estimate of drug-likeness (QED) is 0.874. The van der Waals surface area contributed by atoms with Crippen LogP contribution in [0.4, 0.5) is 4.39 Å². The van der Waals surface area contributed by atoms with Crippen molar-refractivity contribution in [3.63, 3.8) is 0 Å². The molecule has 1 saturated carbocycles. The number of rotatable bonds is 5. The Balaban J connectivity index is 1.94. The standard InChI is InChI=1S/C17H26FNO2/c1-12-6-8-17(20,9-7-12)11-19-13(2)15-5-4-14(21-3)10-16(15)18/h4-5,10,12-13,19-20H,6-9,11H2,1-3H3. The molecule has 3 nitrogen and oxygen atoms in total. The maximum absolute atomic E-state index is 14.0. The van der Waals surface area contributed by atoms with Crippen molar-refractivity contribution in [1.82, 2.24) is 5.32 Å². The summed E-state index contributed by atoms with van der Waals surface area (Å²) in [4.78, 5) is 0. The van der Waals surface area contributed by atoms with Crippen LogP contribution in [-0.2, 0) is 0 Å². The highest BCUT2D eigenvalue weighted by Crippen LogP contribution is 2.32. The Hall–Kier alpha value is -1.13. The molecule has 0 spiro atoms. The molecule has 0 radical (unpaired) electrons. The molecule has 0 amide bonds. The highest BCUT2D eigenvalue weighted by Gasteiger charge is 2.32. The van der Waals surface area contributed by atoms with Crippen LogP contribution in [0.2, 0.25) is 0 Å². The zero-order valence-corrected chi connectivity index (χ0v) is 13.2. The first-order valence-electron chi connectivity index (χ1n) is 7.73. The van der Waals surface area contributed by atoms with Crippen LogP contribution in [-0.4, -0.2) is 24.4 Å². The Morgan fingerprint density at radius 2 is 2.10 bits per heavy atom. The van der Waals surface area contributed by atoms with Crippen LogP contribution in [0.1, 0.15) is 51.1 Å². The van der Waals surface area contributed by atoms with Gasteiger partial charge in [0.05, 0.1) is 12.7 Å². The van der Waals surface area contributed by atoms with E-state index in [4.69, 9.17) is 4.74 Å². The lowest BCUT2D eigenvalue weighted by Gasteiger charge is -2.36. The molecule has 118 valence electrons. The van der Waals surface area contributed by atoms with Crippen molar-refractivity contribution in [1.29, 1.82) is 0 Å². The minimum Gasteiger partial charge on any atom is -0.497 e. The number of nitrogens with one attached hydrogen (secondary N) is 1. The third kappa shape index (κ3) is 4.17. The van der Waals surface area contributed by atoms with Gasteiger partial charge in [0, 0.05) is 24.2 Å². The van der Waals surface area contributed by atoms with Crippen molar-refractivity contribution in [3.05, 3.63) is 29.6 Å². The van der Waals surface area contributed by atoms with E-state index in [2.05, 4.69) is 12.2 Å². The summed E-state index contributed by atoms with van der Waals surface area (Å²) in [5.41, 5.74) is -0.0486. The van der Waals surface area contributed by atoms with E-state index in [1.54, 1.807) is 12.1 Å². The van der Waals surface area contributed by atoms with Crippen molar-refractivity contribution in [2.45, 2.75) is 51.2 Å². The van der Waals surface area contributed by atoms with Crippen LogP contribution in [0.3, 0.4) is 0 Å². The van der Waals surface area contributed by atoms with Crippen molar-refractivity contribution < 1.29 is 14.2 Å². The van der Waals surface area contributed by atoms with E-state index in [1.807, 2.05) is 6.92 Å². The summed E-state index contributed by atoms with van der Waals surface area (Å²) in [6.45, 7) is 4.65. The molecule has 21 heavy (non-hydrogen) atoms. The molecule has 2 rings (SSSR count). The minimum absolute atomic E-state index is 0.140. The van der Waals surface area contributed by atoms with Gasteiger partial charge in [-0.15, -0.1) is 0 Å². The highest BCUT2D eigenvalue weighted by atomic mass is 19.1. The summed E-state index contributed by atoms with van der Waals surface area (Å²) in [6.07, 6.45) is 3.75. The molecule has 0 bridgehead atoms. The number of aliphatic hydroxyl groups is 1. The van der Waals surface area contributed by atoms with E-state index >= 15 is 0 Å². The van der Waals surface area contributed by atoms with E-state index in [-0.39, 0.29) is 11.9 Å². The van der Waals surface area contributed by atoms with Gasteiger partial charge in [-0.25, -0.2) is 4.39 Å². The van der Waals surface area contributed by atoms with Crippen molar-refractivity contribution in [2.75, 3.05) is 13.7 Å². The zero-order valence-electron chi connectivity index (χ0n) is 13.2. The average Bonchev–Trinajstić information content (AvgIpc) is 2.48. The maximum Gasteiger partial charge on any atom is 0.131 e. The molecule has 4 heteroatoms. The van der Waals surface area contributed by atoms with Gasteiger partial charge < -0.3 is 15.2 Å². The van der Waals surface area contributed by atoms with Crippen LogP contribution in [0, 0.1) is 11.7 Å². The number of halogens is 1. The summed E-state index contributed by atoms with van der Waals surface area (Å²) in [5.74, 6) is 0.934. The van der Waals surface area contributed by atoms with Crippen LogP contribution in [0.25, 0.3) is 0 Å². The molecule has 1 aliphatic rings. The second-order valence-corrected chi connectivity index (χ2v) is 6.40. The lowest BCUT2D eigenvalue weighted by atomic mass is 9.79. The zero-order chi connectivity index (χ0) is 15.5. The minimum atomic E-state index is -0.649. The summed E-state index contributed by atoms with van der Waals surface area (Å²) in [7, 11) is 1.52. The summed E-state index contributed by atoms with van der Waals surface area (Å²) >= 11 is 0. The third-order valence-corrected chi connectivity index (χ3v) is 4.62. The van der Waals surface area contributed by atoms with E-state index in [0.717, 1.165) is 25.7 Å². The molecule has 1 aliphatic carbocycles. The first-order valence-corrected chi connectivity index (χ1v) is 7.73. The van der Waals surface area contributed by atoms with Crippen LogP contribution in [0.5, 0.6) is 5.75 Å². The second kappa shape index (κ2) is 6.75. The smallest absolute Gasteiger partial charge is 0.131 e. The van der Waals surface area contributed by atoms with Gasteiger partial charge in [0.15, 0.2) is 0 Å². The first-order chi connectivity index (χ1) is 9.93. The Kier molecular flexibility index (Phi) is 5.22. The van der Waals surface area contributed by atoms with Crippen LogP contribution < -0.4 is 10.1 Å². The number of methoxy groups -OCH3 is 1. The van der Waals surface area contributed by atoms with E-state index in [1.165, 1.54) is 13.2 Å². The second-order valence-electron chi connectivity index (χ2n) is 6.40. The first kappa shape index (κ1) is 16.2. The Labute approximate surface area is 126 Å². The van der Waals surface area contributed by atoms with Gasteiger partial charge in [-0.3, -0.25) is 0 Å². The molecular formula is C17H26FNO2. The Bertz CT molecular complexity index is 470. The van der Waals surface area contributed by atoms with Crippen molar-refractivity contribution >= 4 is 0 Å². The predicted molar refractivity (Wildman–Crippen MR) is 82.0 cm³/mol. The summed E-state index contributed by atoms with van der Waals surface area (Å²) in [6, 6.07) is 4.75. The van der Waals surface area contributed by atoms with E-state index in [9.17, 15) is 9.50 Å². The number of hydrogen-bond acceptors (Lipinski definition) is 3. The molecule has 0 saturated heterocycles. The van der Waals surface area contributed by atoms with E-state index < -0.39 is 5.60 Å². The predicted octanol–water partition coefficient (Wildman–Crippen LogP) is 3.43. The van der Waals surface area contributed by atoms with E-state index in [0.29, 0.717) is 23.8 Å². The molecule has 2 N–H and O–H groups in total. The lowest BCUT2D eigenvalue weighted by molar-refractivity contribution is -0.00791. The number of benzene rings is 1. The third-order valence-electron chi connectivity index (χ3n) is 4.62. The number of ether oxygens (including phenoxy) is 1. The van der Waals surface area contributed by atoms with Gasteiger partial charge >= 0.3 is 0 Å². The SMILES string of the molecule is COc1ccc(C(C)NCC2(O)CCC(C)CC2)c(F)c1. The van der Waals surface area contributed by atoms with Gasteiger partial charge in [0.2, 0.25) is 0 Å². The van der Waals surface area contributed by atoms with Gasteiger partial charge in [0.1, 0.15) is 11.6 Å². The summed E-state index contributed by atoms with van der Waals surface area (Å²) in [5, 5.41) is 13.8. The topological polar surface area (TPSA) is 41.5 Å². The molecular weight excluding hydrogens is 269 g/mol. The van der Waals surface area contributed by atoms with Crippen LogP contribution in [0.15, 0.2) is 18.2 Å². The fourth-order valence-corrected chi connectivity index (χ4v) is 2.92. The molecule has 1 atom stereocenters. The van der Waals surface area contributed by atoms with Crippen LogP contribution >= 0.6 is 0 Å². The Morgan fingerprint density at radius 3 is 2.67 bits per heavy atom. The normalized spacial score (nSPS) is 27.4. The van der Waals surface area contributed by atoms with Gasteiger partial charge in [-0.1, -0.05) is 13.0 Å². The Morgan fingerprint density at radius 1 is 1.43 bits per heavy atom. The molecule has 0 aromatic heterocycles. The summed E-state index contributed by atoms with van der Waals surface area (Å²) < 4.78 is 19.0. The maximum atomic E-state index is 14.0. The number of hydrogen-bond donors (Lipinski definition) is 2. The molecule has 1 aromatic carbocycles. The largest absolute Gasteiger partial charge is 0.497 e. The fourth-order valence-electron chi connectivity index (χ4n) is 2.92. The average molecular weight is 295 g/mol. The lowest BCUT2D eigenvalue weighted by Crippen LogP contribution is -2.44. The highest BCUT2D eigenvalue weighted by molar-refractivity contribution is 5.30. The molecule has 1 fully saturated rings. The van der Waals surface area contributed by atoms with Crippen molar-refractivity contribution in [2.24, 2.45) is 5.92 Å². The van der Waals surface area contributed by atoms with Gasteiger partial charge in [-0.2, -0.15) is 0 Å². The molecule has 1 aromatic rings. The molecule has 1 unspecified atom stereocenters. The fraction of sp³-hybridized carbons (Fsp3) is 0.647. The molecule has 0 aliphatic heterocycles. The van der Waals surface area contributed by atoms with Gasteiger partial charge in [-0.05, 0) is 44.6 Å². The van der Waals surface area contributed by atoms with Gasteiger partial charge in [0.25, 0.3) is 0 Å². The monoisotopic (exact) mass is 295 g/mol.